The molecule has 32 heavy (non-hydrogen) atoms. The Bertz CT molecular complexity index is 1100. The van der Waals surface area contributed by atoms with E-state index < -0.39 is 0 Å². The van der Waals surface area contributed by atoms with Crippen LogP contribution in [0.2, 0.25) is 0 Å². The van der Waals surface area contributed by atoms with Gasteiger partial charge in [-0.2, -0.15) is 0 Å². The average Bonchev–Trinajstić information content (AvgIpc) is 3.35. The molecule has 3 heterocycles. The number of hydrogen-bond donors (Lipinski definition) is 0. The fourth-order valence-electron chi connectivity index (χ4n) is 5.72. The number of halogens is 1. The highest BCUT2D eigenvalue weighted by Gasteiger charge is 2.56. The number of para-hydroxylation sites is 1. The highest BCUT2D eigenvalue weighted by atomic mass is 79.9. The van der Waals surface area contributed by atoms with Crippen molar-refractivity contribution in [2.75, 3.05) is 26.7 Å². The fourth-order valence-corrected chi connectivity index (χ4v) is 5.98. The van der Waals surface area contributed by atoms with Gasteiger partial charge in [-0.05, 0) is 37.2 Å². The van der Waals surface area contributed by atoms with Crippen molar-refractivity contribution in [2.45, 2.75) is 24.8 Å². The van der Waals surface area contributed by atoms with Crippen molar-refractivity contribution in [2.24, 2.45) is 11.8 Å². The van der Waals surface area contributed by atoms with Crippen molar-refractivity contribution in [1.29, 1.82) is 0 Å². The smallest absolute Gasteiger partial charge is 0.235 e. The minimum atomic E-state index is -0.340. The van der Waals surface area contributed by atoms with Crippen LogP contribution in [0.1, 0.15) is 30.5 Å². The first-order valence-electron chi connectivity index (χ1n) is 11.0. The third kappa shape index (κ3) is 3.41. The SMILES string of the molecule is C=C(CN1C(=O)[C@H]2[C@H](CN(C)[C@@H]2c2ccc(Br)cc2)C1=O)C[C@]1(C)COc2ccccc21. The van der Waals surface area contributed by atoms with Crippen LogP contribution in [0, 0.1) is 11.8 Å². The van der Waals surface area contributed by atoms with Crippen LogP contribution in [0.3, 0.4) is 0 Å². The molecule has 2 aromatic carbocycles. The Kier molecular flexibility index (Phi) is 5.25. The summed E-state index contributed by atoms with van der Waals surface area (Å²) >= 11 is 3.47. The number of hydrogen-bond acceptors (Lipinski definition) is 4. The van der Waals surface area contributed by atoms with Gasteiger partial charge >= 0.3 is 0 Å². The minimum Gasteiger partial charge on any atom is -0.492 e. The Morgan fingerprint density at radius 3 is 2.62 bits per heavy atom. The molecule has 0 aromatic heterocycles. The van der Waals surface area contributed by atoms with E-state index in [1.54, 1.807) is 0 Å². The zero-order valence-electron chi connectivity index (χ0n) is 18.4. The quantitative estimate of drug-likeness (QED) is 0.458. The predicted molar refractivity (Wildman–Crippen MR) is 126 cm³/mol. The van der Waals surface area contributed by atoms with E-state index in [4.69, 9.17) is 4.74 Å². The summed E-state index contributed by atoms with van der Waals surface area (Å²) in [7, 11) is 1.99. The van der Waals surface area contributed by atoms with E-state index in [2.05, 4.69) is 40.4 Å². The van der Waals surface area contributed by atoms with Gasteiger partial charge in [-0.15, -0.1) is 0 Å². The molecular formula is C26H27BrN2O3. The van der Waals surface area contributed by atoms with E-state index in [0.717, 1.165) is 26.9 Å². The molecule has 6 heteroatoms. The molecule has 2 fully saturated rings. The van der Waals surface area contributed by atoms with E-state index in [9.17, 15) is 9.59 Å². The molecule has 5 rings (SSSR count). The summed E-state index contributed by atoms with van der Waals surface area (Å²) in [5.41, 5.74) is 2.91. The molecule has 0 spiro atoms. The molecule has 0 saturated carbocycles. The standard InChI is InChI=1S/C26H27BrN2O3/c1-16(12-26(2)15-32-21-7-5-4-6-20(21)26)13-29-24(30)19-14-28(3)23(22(19)25(29)31)17-8-10-18(27)11-9-17/h4-11,19,22-23H,1,12-15H2,2-3H3/t19-,22-,23+,26+/m0/s1. The van der Waals surface area contributed by atoms with Crippen LogP contribution >= 0.6 is 15.9 Å². The minimum absolute atomic E-state index is 0.0687. The second kappa shape index (κ2) is 7.85. The van der Waals surface area contributed by atoms with Gasteiger partial charge in [-0.1, -0.05) is 65.3 Å². The van der Waals surface area contributed by atoms with Crippen LogP contribution in [-0.4, -0.2) is 48.4 Å². The number of amides is 2. The first kappa shape index (κ1) is 21.4. The molecule has 2 saturated heterocycles. The van der Waals surface area contributed by atoms with Crippen LogP contribution in [0.4, 0.5) is 0 Å². The summed E-state index contributed by atoms with van der Waals surface area (Å²) in [6.45, 7) is 7.86. The first-order chi connectivity index (χ1) is 15.3. The van der Waals surface area contributed by atoms with E-state index in [1.165, 1.54) is 4.90 Å². The molecule has 166 valence electrons. The topological polar surface area (TPSA) is 49.9 Å². The zero-order chi connectivity index (χ0) is 22.6. The van der Waals surface area contributed by atoms with Crippen molar-refractivity contribution >= 4 is 27.7 Å². The second-order valence-electron chi connectivity index (χ2n) is 9.60. The van der Waals surface area contributed by atoms with Gasteiger partial charge in [0, 0.05) is 34.6 Å². The first-order valence-corrected chi connectivity index (χ1v) is 11.8. The number of imide groups is 1. The van der Waals surface area contributed by atoms with Crippen LogP contribution in [0.25, 0.3) is 0 Å². The average molecular weight is 495 g/mol. The summed E-state index contributed by atoms with van der Waals surface area (Å²) in [6, 6.07) is 16.0. The molecule has 0 N–H and O–H groups in total. The summed E-state index contributed by atoms with van der Waals surface area (Å²) in [5.74, 6) is 0.131. The Morgan fingerprint density at radius 1 is 1.16 bits per heavy atom. The maximum Gasteiger partial charge on any atom is 0.235 e. The van der Waals surface area contributed by atoms with Crippen molar-refractivity contribution in [3.63, 3.8) is 0 Å². The summed E-state index contributed by atoms with van der Waals surface area (Å²) in [4.78, 5) is 30.3. The summed E-state index contributed by atoms with van der Waals surface area (Å²) in [5, 5.41) is 0. The maximum absolute atomic E-state index is 13.4. The summed E-state index contributed by atoms with van der Waals surface area (Å²) < 4.78 is 6.87. The van der Waals surface area contributed by atoms with Crippen molar-refractivity contribution < 1.29 is 14.3 Å². The number of rotatable bonds is 5. The number of benzene rings is 2. The normalized spacial score (nSPS) is 29.2. The molecule has 3 aliphatic rings. The largest absolute Gasteiger partial charge is 0.492 e. The van der Waals surface area contributed by atoms with Gasteiger partial charge in [0.25, 0.3) is 0 Å². The van der Waals surface area contributed by atoms with Crippen molar-refractivity contribution in [1.82, 2.24) is 9.80 Å². The molecule has 4 atom stereocenters. The Balaban J connectivity index is 1.33. The molecule has 2 aromatic rings. The van der Waals surface area contributed by atoms with Crippen LogP contribution in [0.5, 0.6) is 5.75 Å². The van der Waals surface area contributed by atoms with E-state index in [1.807, 2.05) is 49.5 Å². The number of nitrogens with zero attached hydrogens (tertiary/aromatic N) is 2. The molecule has 5 nitrogen and oxygen atoms in total. The lowest BCUT2D eigenvalue weighted by Crippen LogP contribution is -2.38. The zero-order valence-corrected chi connectivity index (χ0v) is 20.0. The number of likely N-dealkylation sites (tertiary alicyclic amines) is 2. The number of carbonyl (C=O) groups is 2. The molecule has 2 amide bonds. The van der Waals surface area contributed by atoms with Gasteiger partial charge in [-0.25, -0.2) is 0 Å². The van der Waals surface area contributed by atoms with Gasteiger partial charge in [0.05, 0.1) is 18.4 Å². The molecule has 0 unspecified atom stereocenters. The number of fused-ring (bicyclic) bond motifs is 2. The van der Waals surface area contributed by atoms with Crippen molar-refractivity contribution in [3.05, 3.63) is 76.3 Å². The Morgan fingerprint density at radius 2 is 1.88 bits per heavy atom. The van der Waals surface area contributed by atoms with Crippen LogP contribution in [0.15, 0.2) is 65.2 Å². The lowest BCUT2D eigenvalue weighted by atomic mass is 9.79. The third-order valence-electron chi connectivity index (χ3n) is 7.18. The monoisotopic (exact) mass is 494 g/mol. The van der Waals surface area contributed by atoms with Gasteiger partial charge in [0.1, 0.15) is 5.75 Å². The van der Waals surface area contributed by atoms with Crippen LogP contribution < -0.4 is 4.74 Å². The number of ether oxygens (including phenoxy) is 1. The van der Waals surface area contributed by atoms with Gasteiger partial charge in [0.15, 0.2) is 0 Å². The van der Waals surface area contributed by atoms with Gasteiger partial charge in [-0.3, -0.25) is 19.4 Å². The van der Waals surface area contributed by atoms with E-state index in [-0.39, 0.29) is 41.7 Å². The molecule has 0 radical (unpaired) electrons. The predicted octanol–water partition coefficient (Wildman–Crippen LogP) is 4.33. The molecular weight excluding hydrogens is 468 g/mol. The van der Waals surface area contributed by atoms with Crippen LogP contribution in [-0.2, 0) is 15.0 Å². The molecule has 0 aliphatic carbocycles. The molecule has 0 bridgehead atoms. The van der Waals surface area contributed by atoms with Gasteiger partial charge in [0.2, 0.25) is 11.8 Å². The maximum atomic E-state index is 13.4. The lowest BCUT2D eigenvalue weighted by Gasteiger charge is -2.28. The Hall–Kier alpha value is -2.44. The van der Waals surface area contributed by atoms with Gasteiger partial charge < -0.3 is 4.74 Å². The van der Waals surface area contributed by atoms with E-state index >= 15 is 0 Å². The molecule has 3 aliphatic heterocycles. The number of carbonyl (C=O) groups excluding carboxylic acids is 2. The van der Waals surface area contributed by atoms with Crippen molar-refractivity contribution in [3.8, 4) is 5.75 Å². The fraction of sp³-hybridized carbons (Fsp3) is 0.385. The Labute approximate surface area is 197 Å². The highest BCUT2D eigenvalue weighted by molar-refractivity contribution is 9.10. The summed E-state index contributed by atoms with van der Waals surface area (Å²) in [6.07, 6.45) is 0.673. The highest BCUT2D eigenvalue weighted by Crippen LogP contribution is 2.46. The second-order valence-corrected chi connectivity index (χ2v) is 10.5. The van der Waals surface area contributed by atoms with E-state index in [0.29, 0.717) is 19.6 Å². The third-order valence-corrected chi connectivity index (χ3v) is 7.71. The lowest BCUT2D eigenvalue weighted by molar-refractivity contribution is -0.140.